The zero-order valence-corrected chi connectivity index (χ0v) is 14.7. The molecule has 2 aliphatic rings. The van der Waals surface area contributed by atoms with Crippen LogP contribution in [-0.4, -0.2) is 25.9 Å². The van der Waals surface area contributed by atoms with E-state index in [2.05, 4.69) is 26.7 Å². The van der Waals surface area contributed by atoms with Crippen molar-refractivity contribution >= 4 is 17.2 Å². The van der Waals surface area contributed by atoms with Crippen molar-refractivity contribution in [1.29, 1.82) is 5.26 Å². The summed E-state index contributed by atoms with van der Waals surface area (Å²) in [5.41, 5.74) is 2.32. The van der Waals surface area contributed by atoms with Gasteiger partial charge in [-0.15, -0.1) is 16.4 Å². The number of nitrogens with one attached hydrogen (secondary N) is 1. The molecule has 7 nitrogen and oxygen atoms in total. The van der Waals surface area contributed by atoms with Crippen LogP contribution in [0.1, 0.15) is 67.2 Å². The van der Waals surface area contributed by atoms with Crippen LogP contribution >= 0.6 is 11.3 Å². The molecule has 2 aliphatic carbocycles. The second kappa shape index (κ2) is 6.56. The van der Waals surface area contributed by atoms with Gasteiger partial charge in [-0.3, -0.25) is 4.79 Å². The Morgan fingerprint density at radius 2 is 2.20 bits per heavy atom. The molecule has 0 aromatic carbocycles. The zero-order valence-electron chi connectivity index (χ0n) is 13.9. The predicted octanol–water partition coefficient (Wildman–Crippen LogP) is 2.80. The molecule has 0 saturated heterocycles. The van der Waals surface area contributed by atoms with E-state index in [1.54, 1.807) is 15.6 Å². The number of nitriles is 1. The summed E-state index contributed by atoms with van der Waals surface area (Å²) in [6.07, 6.45) is 9.19. The fourth-order valence-electron chi connectivity index (χ4n) is 3.58. The molecule has 0 radical (unpaired) electrons. The summed E-state index contributed by atoms with van der Waals surface area (Å²) in [4.78, 5) is 16.6. The molecule has 0 unspecified atom stereocenters. The van der Waals surface area contributed by atoms with Gasteiger partial charge >= 0.3 is 0 Å². The number of thiazole rings is 1. The molecule has 130 valence electrons. The number of nitrogens with zero attached hydrogens (tertiary/aromatic N) is 5. The molecular formula is C17H20N6OS. The van der Waals surface area contributed by atoms with Crippen molar-refractivity contribution in [2.75, 3.05) is 0 Å². The molecule has 0 spiro atoms. The van der Waals surface area contributed by atoms with E-state index in [0.717, 1.165) is 31.4 Å². The topological polar surface area (TPSA) is 96.5 Å². The fourth-order valence-corrected chi connectivity index (χ4v) is 4.11. The van der Waals surface area contributed by atoms with Crippen LogP contribution < -0.4 is 5.32 Å². The molecule has 0 aliphatic heterocycles. The Morgan fingerprint density at radius 3 is 2.84 bits per heavy atom. The lowest BCUT2D eigenvalue weighted by Gasteiger charge is -2.29. The minimum absolute atomic E-state index is 0.173. The van der Waals surface area contributed by atoms with Gasteiger partial charge in [0.05, 0.1) is 23.8 Å². The van der Waals surface area contributed by atoms with Crippen molar-refractivity contribution < 1.29 is 4.79 Å². The molecule has 4 rings (SSSR count). The molecule has 2 fully saturated rings. The Balaban J connectivity index is 1.59. The molecule has 25 heavy (non-hydrogen) atoms. The highest BCUT2D eigenvalue weighted by Crippen LogP contribution is 2.42. The van der Waals surface area contributed by atoms with E-state index < -0.39 is 5.54 Å². The zero-order chi connectivity index (χ0) is 17.3. The first-order valence-corrected chi connectivity index (χ1v) is 9.69. The molecule has 0 bridgehead atoms. The highest BCUT2D eigenvalue weighted by Gasteiger charge is 2.47. The van der Waals surface area contributed by atoms with Gasteiger partial charge < -0.3 is 5.32 Å². The van der Waals surface area contributed by atoms with Gasteiger partial charge in [0, 0.05) is 5.38 Å². The quantitative estimate of drug-likeness (QED) is 0.888. The lowest BCUT2D eigenvalue weighted by Crippen LogP contribution is -2.35. The maximum Gasteiger partial charge on any atom is 0.271 e. The van der Waals surface area contributed by atoms with Crippen molar-refractivity contribution in [3.8, 4) is 6.07 Å². The number of aromatic nitrogens is 4. The second-order valence-corrected chi connectivity index (χ2v) is 7.67. The Bertz CT molecular complexity index is 782. The number of amides is 1. The first kappa shape index (κ1) is 16.2. The molecular weight excluding hydrogens is 336 g/mol. The van der Waals surface area contributed by atoms with E-state index in [4.69, 9.17) is 0 Å². The van der Waals surface area contributed by atoms with Crippen molar-refractivity contribution in [3.05, 3.63) is 28.5 Å². The highest BCUT2D eigenvalue weighted by molar-refractivity contribution is 7.07. The van der Waals surface area contributed by atoms with Gasteiger partial charge in [-0.2, -0.15) is 5.26 Å². The van der Waals surface area contributed by atoms with E-state index in [0.29, 0.717) is 11.6 Å². The minimum Gasteiger partial charge on any atom is -0.342 e. The van der Waals surface area contributed by atoms with Crippen LogP contribution in [-0.2, 0) is 5.54 Å². The summed E-state index contributed by atoms with van der Waals surface area (Å²) < 4.78 is 1.67. The summed E-state index contributed by atoms with van der Waals surface area (Å²) in [5.74, 6) is 0.173. The average Bonchev–Trinajstić information content (AvgIpc) is 3.05. The Morgan fingerprint density at radius 1 is 1.40 bits per heavy atom. The summed E-state index contributed by atoms with van der Waals surface area (Å²) in [6, 6.07) is 2.15. The number of carbonyl (C=O) groups excluding carboxylic acids is 1. The van der Waals surface area contributed by atoms with Crippen LogP contribution in [0.2, 0.25) is 0 Å². The maximum atomic E-state index is 12.5. The number of carbonyl (C=O) groups is 1. The molecule has 2 heterocycles. The van der Waals surface area contributed by atoms with Gasteiger partial charge in [0.1, 0.15) is 11.4 Å². The molecule has 1 atom stereocenters. The second-order valence-electron chi connectivity index (χ2n) is 6.95. The Hall–Kier alpha value is -2.27. The maximum absolute atomic E-state index is 12.5. The van der Waals surface area contributed by atoms with Crippen molar-refractivity contribution in [1.82, 2.24) is 25.3 Å². The number of rotatable bonds is 5. The van der Waals surface area contributed by atoms with Crippen molar-refractivity contribution in [2.24, 2.45) is 5.92 Å². The van der Waals surface area contributed by atoms with Crippen molar-refractivity contribution in [3.63, 3.8) is 0 Å². The highest BCUT2D eigenvalue weighted by atomic mass is 32.1. The molecule has 2 saturated carbocycles. The van der Waals surface area contributed by atoms with Crippen LogP contribution in [0.3, 0.4) is 0 Å². The lowest BCUT2D eigenvalue weighted by atomic mass is 9.82. The van der Waals surface area contributed by atoms with Crippen LogP contribution in [0.25, 0.3) is 0 Å². The molecule has 8 heteroatoms. The van der Waals surface area contributed by atoms with E-state index >= 15 is 0 Å². The summed E-state index contributed by atoms with van der Waals surface area (Å²) in [5, 5.41) is 22.7. The van der Waals surface area contributed by atoms with Crippen LogP contribution in [0, 0.1) is 17.2 Å². The Labute approximate surface area is 150 Å². The van der Waals surface area contributed by atoms with E-state index in [-0.39, 0.29) is 11.9 Å². The van der Waals surface area contributed by atoms with Gasteiger partial charge in [-0.1, -0.05) is 24.5 Å². The fraction of sp³-hybridized carbons (Fsp3) is 0.588. The smallest absolute Gasteiger partial charge is 0.271 e. The van der Waals surface area contributed by atoms with Crippen LogP contribution in [0.4, 0.5) is 0 Å². The predicted molar refractivity (Wildman–Crippen MR) is 91.7 cm³/mol. The summed E-state index contributed by atoms with van der Waals surface area (Å²) >= 11 is 1.41. The average molecular weight is 356 g/mol. The molecule has 2 aromatic heterocycles. The van der Waals surface area contributed by atoms with E-state index in [1.165, 1.54) is 30.6 Å². The van der Waals surface area contributed by atoms with Gasteiger partial charge in [0.15, 0.2) is 5.54 Å². The summed E-state index contributed by atoms with van der Waals surface area (Å²) in [6.45, 7) is 0. The van der Waals surface area contributed by atoms with Gasteiger partial charge in [-0.25, -0.2) is 9.67 Å². The largest absolute Gasteiger partial charge is 0.342 e. The van der Waals surface area contributed by atoms with Crippen LogP contribution in [0.15, 0.2) is 17.1 Å². The van der Waals surface area contributed by atoms with E-state index in [9.17, 15) is 10.1 Å². The third kappa shape index (κ3) is 3.16. The number of hydrogen-bond donors (Lipinski definition) is 1. The van der Waals surface area contributed by atoms with E-state index in [1.807, 2.05) is 6.20 Å². The summed E-state index contributed by atoms with van der Waals surface area (Å²) in [7, 11) is 0. The van der Waals surface area contributed by atoms with Crippen molar-refractivity contribution in [2.45, 2.75) is 56.5 Å². The third-order valence-corrected chi connectivity index (χ3v) is 5.86. The van der Waals surface area contributed by atoms with Gasteiger partial charge in [-0.05, 0) is 31.6 Å². The van der Waals surface area contributed by atoms with Gasteiger partial charge in [0.25, 0.3) is 5.91 Å². The standard InChI is InChI=1S/C17H20N6OS/c18-10-17(6-7-17)23-8-13(21-22-23)15(12-4-2-1-3-5-12)20-16(24)14-9-25-11-19-14/h8-9,11-12,15H,1-7H2,(H,20,24)/t15-/m0/s1. The first-order valence-electron chi connectivity index (χ1n) is 8.75. The minimum atomic E-state index is -0.527. The molecule has 1 N–H and O–H groups in total. The SMILES string of the molecule is N#CC1(n2cc([C@@H](NC(=O)c3cscn3)C3CCCCC3)nn2)CC1. The Kier molecular flexibility index (Phi) is 4.25. The number of hydrogen-bond acceptors (Lipinski definition) is 6. The monoisotopic (exact) mass is 356 g/mol. The van der Waals surface area contributed by atoms with Gasteiger partial charge in [0.2, 0.25) is 0 Å². The molecule has 1 amide bonds. The third-order valence-electron chi connectivity index (χ3n) is 5.27. The first-order chi connectivity index (χ1) is 12.2. The normalized spacial score (nSPS) is 20.6. The van der Waals surface area contributed by atoms with Crippen LogP contribution in [0.5, 0.6) is 0 Å². The lowest BCUT2D eigenvalue weighted by molar-refractivity contribution is 0.0906. The molecule has 2 aromatic rings.